The van der Waals surface area contributed by atoms with Crippen LogP contribution >= 0.6 is 0 Å². The van der Waals surface area contributed by atoms with E-state index in [4.69, 9.17) is 5.73 Å². The van der Waals surface area contributed by atoms with E-state index in [2.05, 4.69) is 5.32 Å². The van der Waals surface area contributed by atoms with Gasteiger partial charge in [-0.2, -0.15) is 0 Å². The van der Waals surface area contributed by atoms with Crippen molar-refractivity contribution in [2.24, 2.45) is 11.1 Å². The van der Waals surface area contributed by atoms with E-state index in [9.17, 15) is 9.18 Å². The summed E-state index contributed by atoms with van der Waals surface area (Å²) in [6, 6.07) is 6.26. The van der Waals surface area contributed by atoms with Gasteiger partial charge in [-0.05, 0) is 48.9 Å². The van der Waals surface area contributed by atoms with Crippen LogP contribution in [0.15, 0.2) is 24.3 Å². The van der Waals surface area contributed by atoms with E-state index in [-0.39, 0.29) is 17.1 Å². The van der Waals surface area contributed by atoms with Crippen molar-refractivity contribution in [3.8, 4) is 0 Å². The second kappa shape index (κ2) is 5.48. The lowest BCUT2D eigenvalue weighted by Gasteiger charge is -2.13. The van der Waals surface area contributed by atoms with Gasteiger partial charge in [-0.1, -0.05) is 12.1 Å². The van der Waals surface area contributed by atoms with Crippen molar-refractivity contribution in [1.29, 1.82) is 0 Å². The van der Waals surface area contributed by atoms with Gasteiger partial charge in [0.05, 0.1) is 0 Å². The Bertz CT molecular complexity index is 412. The Balaban J connectivity index is 1.70. The lowest BCUT2D eigenvalue weighted by Crippen LogP contribution is -2.33. The summed E-state index contributed by atoms with van der Waals surface area (Å²) in [5, 5.41) is 2.92. The molecule has 1 fully saturated rings. The molecule has 0 radical (unpaired) electrons. The highest BCUT2D eigenvalue weighted by Crippen LogP contribution is 2.43. The molecule has 0 unspecified atom stereocenters. The van der Waals surface area contributed by atoms with Gasteiger partial charge in [0.2, 0.25) is 5.91 Å². The number of amides is 1. The number of nitrogens with two attached hydrogens (primary N) is 1. The number of hydrogen-bond donors (Lipinski definition) is 2. The van der Waals surface area contributed by atoms with Crippen LogP contribution in [-0.2, 0) is 11.2 Å². The monoisotopic (exact) mass is 250 g/mol. The van der Waals surface area contributed by atoms with E-state index in [0.29, 0.717) is 25.9 Å². The number of rotatable bonds is 6. The Hall–Kier alpha value is -1.42. The van der Waals surface area contributed by atoms with E-state index < -0.39 is 0 Å². The normalized spacial score (nSPS) is 16.3. The van der Waals surface area contributed by atoms with Crippen LogP contribution in [0.1, 0.15) is 24.8 Å². The molecule has 3 nitrogen and oxygen atoms in total. The quantitative estimate of drug-likeness (QED) is 0.806. The summed E-state index contributed by atoms with van der Waals surface area (Å²) in [6.07, 6.45) is 3.30. The minimum absolute atomic E-state index is 0.0408. The smallest absolute Gasteiger partial charge is 0.220 e. The Labute approximate surface area is 107 Å². The minimum Gasteiger partial charge on any atom is -0.355 e. The van der Waals surface area contributed by atoms with Crippen LogP contribution < -0.4 is 11.1 Å². The number of benzene rings is 1. The summed E-state index contributed by atoms with van der Waals surface area (Å²) in [5.74, 6) is -0.208. The van der Waals surface area contributed by atoms with E-state index in [0.717, 1.165) is 18.4 Å². The number of carbonyl (C=O) groups is 1. The zero-order valence-electron chi connectivity index (χ0n) is 10.4. The molecule has 1 aliphatic rings. The van der Waals surface area contributed by atoms with Gasteiger partial charge in [0, 0.05) is 13.0 Å². The van der Waals surface area contributed by atoms with Gasteiger partial charge in [-0.3, -0.25) is 4.79 Å². The van der Waals surface area contributed by atoms with Gasteiger partial charge in [0.25, 0.3) is 0 Å². The third-order valence-corrected chi connectivity index (χ3v) is 3.60. The molecular formula is C14H19FN2O. The molecule has 3 N–H and O–H groups in total. The van der Waals surface area contributed by atoms with Crippen LogP contribution in [0.5, 0.6) is 0 Å². The fourth-order valence-corrected chi connectivity index (χ4v) is 1.91. The number of hydrogen-bond acceptors (Lipinski definition) is 2. The first-order valence-electron chi connectivity index (χ1n) is 6.35. The van der Waals surface area contributed by atoms with Crippen molar-refractivity contribution in [1.82, 2.24) is 5.32 Å². The topological polar surface area (TPSA) is 55.1 Å². The summed E-state index contributed by atoms with van der Waals surface area (Å²) in [4.78, 5) is 11.6. The maximum Gasteiger partial charge on any atom is 0.220 e. The van der Waals surface area contributed by atoms with E-state index in [1.807, 2.05) is 0 Å². The fraction of sp³-hybridized carbons (Fsp3) is 0.500. The lowest BCUT2D eigenvalue weighted by atomic mass is 10.1. The average molecular weight is 250 g/mol. The molecule has 4 heteroatoms. The fourth-order valence-electron chi connectivity index (χ4n) is 1.91. The first-order valence-corrected chi connectivity index (χ1v) is 6.35. The molecule has 0 spiro atoms. The third-order valence-electron chi connectivity index (χ3n) is 3.60. The van der Waals surface area contributed by atoms with Crippen LogP contribution in [0.25, 0.3) is 0 Å². The van der Waals surface area contributed by atoms with Gasteiger partial charge < -0.3 is 11.1 Å². The molecular weight excluding hydrogens is 231 g/mol. The Morgan fingerprint density at radius 2 is 2.00 bits per heavy atom. The highest BCUT2D eigenvalue weighted by atomic mass is 19.1. The van der Waals surface area contributed by atoms with E-state index >= 15 is 0 Å². The predicted octanol–water partition coefficient (Wildman–Crippen LogP) is 1.61. The highest BCUT2D eigenvalue weighted by molar-refractivity contribution is 5.76. The van der Waals surface area contributed by atoms with Crippen molar-refractivity contribution in [2.45, 2.75) is 25.7 Å². The Kier molecular flexibility index (Phi) is 3.97. The van der Waals surface area contributed by atoms with Crippen LogP contribution in [0, 0.1) is 11.2 Å². The van der Waals surface area contributed by atoms with Crippen molar-refractivity contribution < 1.29 is 9.18 Å². The van der Waals surface area contributed by atoms with Crippen LogP contribution in [0.2, 0.25) is 0 Å². The molecule has 18 heavy (non-hydrogen) atoms. The molecule has 2 rings (SSSR count). The number of aryl methyl sites for hydroxylation is 1. The molecule has 0 bridgehead atoms. The Morgan fingerprint density at radius 3 is 2.56 bits per heavy atom. The molecule has 0 aliphatic heterocycles. The van der Waals surface area contributed by atoms with Gasteiger partial charge >= 0.3 is 0 Å². The second-order valence-electron chi connectivity index (χ2n) is 5.11. The molecule has 1 aromatic carbocycles. The maximum absolute atomic E-state index is 12.7. The Morgan fingerprint density at radius 1 is 1.33 bits per heavy atom. The van der Waals surface area contributed by atoms with Crippen molar-refractivity contribution in [3.05, 3.63) is 35.6 Å². The summed E-state index contributed by atoms with van der Waals surface area (Å²) in [5.41, 5.74) is 6.80. The lowest BCUT2D eigenvalue weighted by molar-refractivity contribution is -0.121. The zero-order chi connectivity index (χ0) is 13.0. The summed E-state index contributed by atoms with van der Waals surface area (Å²) < 4.78 is 12.7. The number of halogens is 1. The number of nitrogens with one attached hydrogen (secondary N) is 1. The molecule has 0 atom stereocenters. The molecule has 1 saturated carbocycles. The molecule has 98 valence electrons. The maximum atomic E-state index is 12.7. The van der Waals surface area contributed by atoms with Gasteiger partial charge in [0.1, 0.15) is 5.82 Å². The van der Waals surface area contributed by atoms with E-state index in [1.54, 1.807) is 12.1 Å². The molecule has 1 aromatic rings. The van der Waals surface area contributed by atoms with Gasteiger partial charge in [0.15, 0.2) is 0 Å². The standard InChI is InChI=1S/C14H19FN2O/c15-12-4-1-11(2-5-12)3-6-13(18)17-10-14(9-16)7-8-14/h1-2,4-5H,3,6-10,16H2,(H,17,18). The predicted molar refractivity (Wildman–Crippen MR) is 68.5 cm³/mol. The van der Waals surface area contributed by atoms with Crippen LogP contribution in [-0.4, -0.2) is 19.0 Å². The van der Waals surface area contributed by atoms with Crippen LogP contribution in [0.3, 0.4) is 0 Å². The zero-order valence-corrected chi connectivity index (χ0v) is 10.4. The summed E-state index contributed by atoms with van der Waals surface area (Å²) in [7, 11) is 0. The average Bonchev–Trinajstić information content (AvgIpc) is 3.16. The van der Waals surface area contributed by atoms with Crippen molar-refractivity contribution in [2.75, 3.05) is 13.1 Å². The minimum atomic E-state index is -0.248. The summed E-state index contributed by atoms with van der Waals surface area (Å²) >= 11 is 0. The van der Waals surface area contributed by atoms with Crippen LogP contribution in [0.4, 0.5) is 4.39 Å². The van der Waals surface area contributed by atoms with Gasteiger partial charge in [-0.25, -0.2) is 4.39 Å². The number of carbonyl (C=O) groups excluding carboxylic acids is 1. The molecule has 1 amide bonds. The summed E-state index contributed by atoms with van der Waals surface area (Å²) in [6.45, 7) is 1.33. The molecule has 1 aliphatic carbocycles. The molecule has 0 heterocycles. The van der Waals surface area contributed by atoms with Gasteiger partial charge in [-0.15, -0.1) is 0 Å². The molecule has 0 saturated heterocycles. The first kappa shape index (κ1) is 13.0. The molecule has 0 aromatic heterocycles. The largest absolute Gasteiger partial charge is 0.355 e. The van der Waals surface area contributed by atoms with Crippen molar-refractivity contribution in [3.63, 3.8) is 0 Å². The second-order valence-corrected chi connectivity index (χ2v) is 5.11. The highest BCUT2D eigenvalue weighted by Gasteiger charge is 2.41. The first-order chi connectivity index (χ1) is 8.63. The van der Waals surface area contributed by atoms with E-state index in [1.165, 1.54) is 12.1 Å². The van der Waals surface area contributed by atoms with Crippen molar-refractivity contribution >= 4 is 5.91 Å². The SMILES string of the molecule is NCC1(CNC(=O)CCc2ccc(F)cc2)CC1. The third kappa shape index (κ3) is 3.53.